The van der Waals surface area contributed by atoms with E-state index >= 15 is 0 Å². The number of carbonyl (C=O) groups is 1. The Morgan fingerprint density at radius 1 is 1.36 bits per heavy atom. The van der Waals surface area contributed by atoms with Gasteiger partial charge in [-0.1, -0.05) is 38.1 Å². The normalized spacial score (nSPS) is 16.3. The lowest BCUT2D eigenvalue weighted by Gasteiger charge is -2.26. The van der Waals surface area contributed by atoms with E-state index < -0.39 is 12.3 Å². The van der Waals surface area contributed by atoms with Crippen LogP contribution in [0, 0.1) is 6.07 Å². The molecule has 0 saturated heterocycles. The molecule has 2 aromatic rings. The van der Waals surface area contributed by atoms with E-state index in [1.165, 1.54) is 10.5 Å². The molecule has 0 fully saturated rings. The van der Waals surface area contributed by atoms with Crippen LogP contribution in [0.25, 0.3) is 0 Å². The Morgan fingerprint density at radius 2 is 2.14 bits per heavy atom. The molecule has 0 aliphatic carbocycles. The second kappa shape index (κ2) is 5.60. The van der Waals surface area contributed by atoms with Gasteiger partial charge >= 0.3 is 6.03 Å². The van der Waals surface area contributed by atoms with Crippen molar-refractivity contribution >= 4 is 23.1 Å². The molecule has 2 aromatic carbocycles. The Kier molecular flexibility index (Phi) is 3.63. The third-order valence-electron chi connectivity index (χ3n) is 3.76. The molecule has 3 rings (SSSR count). The van der Waals surface area contributed by atoms with Gasteiger partial charge in [-0.2, -0.15) is 0 Å². The van der Waals surface area contributed by atoms with Gasteiger partial charge in [-0.15, -0.1) is 0 Å². The van der Waals surface area contributed by atoms with E-state index in [9.17, 15) is 4.79 Å². The highest BCUT2D eigenvalue weighted by atomic mass is 16.2. The third-order valence-corrected chi connectivity index (χ3v) is 3.76. The van der Waals surface area contributed by atoms with E-state index in [1.54, 1.807) is 12.1 Å². The molecule has 2 amide bonds. The molecule has 1 aliphatic rings. The molecule has 113 valence electrons. The van der Waals surface area contributed by atoms with Crippen LogP contribution in [-0.4, -0.2) is 12.3 Å². The fraction of sp³-hybridized carbons (Fsp3) is 0.235. The van der Waals surface area contributed by atoms with Gasteiger partial charge in [0.1, 0.15) is 0 Å². The van der Waals surface area contributed by atoms with Crippen LogP contribution in [0.2, 0.25) is 0 Å². The summed E-state index contributed by atoms with van der Waals surface area (Å²) < 4.78 is 0. The average Bonchev–Trinajstić information content (AvgIpc) is 2.85. The number of hydrogen-bond donors (Lipinski definition) is 3. The predicted molar refractivity (Wildman–Crippen MR) is 88.9 cm³/mol. The summed E-state index contributed by atoms with van der Waals surface area (Å²) in [6.45, 7) is 4.27. The molecule has 1 unspecified atom stereocenters. The smallest absolute Gasteiger partial charge is 0.322 e. The number of carbonyl (C=O) groups excluding carboxylic acids is 1. The number of benzene rings is 2. The number of para-hydroxylation sites is 1. The number of amides is 2. The van der Waals surface area contributed by atoms with Crippen molar-refractivity contribution in [3.63, 3.8) is 0 Å². The topological polar surface area (TPSA) is 70.4 Å². The van der Waals surface area contributed by atoms with Gasteiger partial charge in [0.05, 0.1) is 11.4 Å². The lowest BCUT2D eigenvalue weighted by Crippen LogP contribution is -2.48. The molecular formula is C17H19N4O. The molecule has 22 heavy (non-hydrogen) atoms. The van der Waals surface area contributed by atoms with E-state index in [0.717, 1.165) is 17.1 Å². The number of hydrogen-bond acceptors (Lipinski definition) is 3. The number of primary amides is 1. The summed E-state index contributed by atoms with van der Waals surface area (Å²) in [5.41, 5.74) is 9.32. The summed E-state index contributed by atoms with van der Waals surface area (Å²) in [6.07, 6.45) is -0.414. The highest BCUT2D eigenvalue weighted by Crippen LogP contribution is 2.35. The summed E-state index contributed by atoms with van der Waals surface area (Å²) >= 11 is 0. The maximum Gasteiger partial charge on any atom is 0.322 e. The third kappa shape index (κ3) is 2.45. The van der Waals surface area contributed by atoms with Gasteiger partial charge < -0.3 is 16.4 Å². The van der Waals surface area contributed by atoms with Gasteiger partial charge in [-0.3, -0.25) is 4.90 Å². The number of anilines is 3. The van der Waals surface area contributed by atoms with Gasteiger partial charge in [0, 0.05) is 5.69 Å². The van der Waals surface area contributed by atoms with Crippen molar-refractivity contribution in [3.8, 4) is 0 Å². The second-order valence-corrected chi connectivity index (χ2v) is 5.58. The molecule has 1 atom stereocenters. The first-order valence-corrected chi connectivity index (χ1v) is 7.28. The van der Waals surface area contributed by atoms with Crippen molar-refractivity contribution in [3.05, 3.63) is 54.1 Å². The molecule has 0 aromatic heterocycles. The standard InChI is InChI=1S/C17H19N4O/c1-11(2)12-7-3-4-8-13(12)19-17-20-14-9-5-6-10-15(14)21(17)16(18)22/h3-4,6-11,17,19-20H,1-2H3,(H2,18,22). The van der Waals surface area contributed by atoms with Crippen LogP contribution in [0.4, 0.5) is 21.9 Å². The highest BCUT2D eigenvalue weighted by molar-refractivity contribution is 5.98. The highest BCUT2D eigenvalue weighted by Gasteiger charge is 2.32. The fourth-order valence-electron chi connectivity index (χ4n) is 2.72. The Hall–Kier alpha value is -2.69. The molecule has 4 N–H and O–H groups in total. The lowest BCUT2D eigenvalue weighted by molar-refractivity contribution is 0.253. The van der Waals surface area contributed by atoms with Gasteiger partial charge in [0.25, 0.3) is 0 Å². The number of urea groups is 1. The zero-order valence-corrected chi connectivity index (χ0v) is 12.6. The number of nitrogens with zero attached hydrogens (tertiary/aromatic N) is 1. The van der Waals surface area contributed by atoms with Crippen LogP contribution < -0.4 is 21.3 Å². The summed E-state index contributed by atoms with van der Waals surface area (Å²) in [5.74, 6) is 0.378. The summed E-state index contributed by atoms with van der Waals surface area (Å²) in [6, 6.07) is 16.0. The van der Waals surface area contributed by atoms with E-state index in [1.807, 2.05) is 24.3 Å². The SMILES string of the molecule is CC(C)c1ccccc1NC1Nc2c[c]ccc2N1C(N)=O. The molecule has 5 heteroatoms. The largest absolute Gasteiger partial charge is 0.351 e. The molecular weight excluding hydrogens is 276 g/mol. The molecule has 1 heterocycles. The van der Waals surface area contributed by atoms with E-state index in [2.05, 4.69) is 36.6 Å². The zero-order valence-electron chi connectivity index (χ0n) is 12.6. The van der Waals surface area contributed by atoms with Crippen LogP contribution in [-0.2, 0) is 0 Å². The second-order valence-electron chi connectivity index (χ2n) is 5.58. The first-order valence-electron chi connectivity index (χ1n) is 7.28. The first kappa shape index (κ1) is 14.3. The van der Waals surface area contributed by atoms with E-state index in [-0.39, 0.29) is 0 Å². The Labute approximate surface area is 130 Å². The summed E-state index contributed by atoms with van der Waals surface area (Å²) in [4.78, 5) is 13.4. The summed E-state index contributed by atoms with van der Waals surface area (Å²) in [7, 11) is 0. The quantitative estimate of drug-likeness (QED) is 0.813. The summed E-state index contributed by atoms with van der Waals surface area (Å²) in [5, 5.41) is 6.63. The molecule has 0 spiro atoms. The molecule has 1 radical (unpaired) electrons. The predicted octanol–water partition coefficient (Wildman–Crippen LogP) is 3.32. The van der Waals surface area contributed by atoms with Gasteiger partial charge in [-0.05, 0) is 35.7 Å². The Balaban J connectivity index is 1.92. The van der Waals surface area contributed by atoms with Crippen molar-refractivity contribution in [1.82, 2.24) is 0 Å². The number of rotatable bonds is 3. The van der Waals surface area contributed by atoms with Gasteiger partial charge in [0.2, 0.25) is 0 Å². The lowest BCUT2D eigenvalue weighted by atomic mass is 10.0. The number of nitrogens with two attached hydrogens (primary N) is 1. The maximum atomic E-state index is 11.8. The fourth-order valence-corrected chi connectivity index (χ4v) is 2.72. The minimum Gasteiger partial charge on any atom is -0.351 e. The van der Waals surface area contributed by atoms with Crippen LogP contribution >= 0.6 is 0 Å². The molecule has 1 aliphatic heterocycles. The monoisotopic (exact) mass is 295 g/mol. The van der Waals surface area contributed by atoms with Crippen molar-refractivity contribution in [2.45, 2.75) is 26.1 Å². The molecule has 0 saturated carbocycles. The van der Waals surface area contributed by atoms with Crippen LogP contribution in [0.5, 0.6) is 0 Å². The van der Waals surface area contributed by atoms with Crippen LogP contribution in [0.15, 0.2) is 42.5 Å². The minimum atomic E-state index is -0.503. The van der Waals surface area contributed by atoms with Crippen LogP contribution in [0.3, 0.4) is 0 Å². The van der Waals surface area contributed by atoms with Crippen LogP contribution in [0.1, 0.15) is 25.3 Å². The van der Waals surface area contributed by atoms with E-state index in [0.29, 0.717) is 5.92 Å². The van der Waals surface area contributed by atoms with Crippen molar-refractivity contribution in [2.24, 2.45) is 5.73 Å². The molecule has 5 nitrogen and oxygen atoms in total. The Bertz CT molecular complexity index is 699. The van der Waals surface area contributed by atoms with Crippen molar-refractivity contribution in [1.29, 1.82) is 0 Å². The van der Waals surface area contributed by atoms with Crippen molar-refractivity contribution < 1.29 is 4.79 Å². The first-order chi connectivity index (χ1) is 10.6. The Morgan fingerprint density at radius 3 is 2.86 bits per heavy atom. The van der Waals surface area contributed by atoms with Crippen molar-refractivity contribution in [2.75, 3.05) is 15.5 Å². The minimum absolute atomic E-state index is 0.378. The van der Waals surface area contributed by atoms with E-state index in [4.69, 9.17) is 5.73 Å². The molecule has 0 bridgehead atoms. The van der Waals surface area contributed by atoms with Gasteiger partial charge in [0.15, 0.2) is 6.29 Å². The maximum absolute atomic E-state index is 11.8. The average molecular weight is 295 g/mol. The zero-order chi connectivity index (χ0) is 15.7. The number of nitrogens with one attached hydrogen (secondary N) is 2. The number of fused-ring (bicyclic) bond motifs is 1. The van der Waals surface area contributed by atoms with Gasteiger partial charge in [-0.25, -0.2) is 4.79 Å².